The summed E-state index contributed by atoms with van der Waals surface area (Å²) in [4.78, 5) is 33.0. The van der Waals surface area contributed by atoms with E-state index in [1.165, 1.54) is 6.07 Å². The number of hydrogen-bond acceptors (Lipinski definition) is 6. The van der Waals surface area contributed by atoms with Gasteiger partial charge in [0.05, 0.1) is 28.9 Å². The Morgan fingerprint density at radius 1 is 1.13 bits per heavy atom. The van der Waals surface area contributed by atoms with Crippen LogP contribution in [0.4, 0.5) is 5.69 Å². The van der Waals surface area contributed by atoms with Crippen molar-refractivity contribution in [3.63, 3.8) is 0 Å². The van der Waals surface area contributed by atoms with Gasteiger partial charge in [0.25, 0.3) is 5.69 Å². The first-order valence-corrected chi connectivity index (χ1v) is 9.03. The lowest BCUT2D eigenvalue weighted by Crippen LogP contribution is -2.09. The zero-order valence-corrected chi connectivity index (χ0v) is 16.2. The predicted octanol–water partition coefficient (Wildman–Crippen LogP) is 3.27. The van der Waals surface area contributed by atoms with E-state index in [0.717, 1.165) is 30.4 Å². The second-order valence-electron chi connectivity index (χ2n) is 6.30. The molecule has 10 heteroatoms. The van der Waals surface area contributed by atoms with E-state index in [9.17, 15) is 10.1 Å². The smallest absolute Gasteiger partial charge is 0.414 e. The van der Waals surface area contributed by atoms with E-state index in [1.807, 2.05) is 24.5 Å². The Bertz CT molecular complexity index is 1030. The first-order chi connectivity index (χ1) is 14.3. The van der Waals surface area contributed by atoms with Crippen LogP contribution in [0.5, 0.6) is 5.75 Å². The Morgan fingerprint density at radius 3 is 2.47 bits per heavy atom. The SMILES string of the molecule is Cc1cc(OCCCCn2cnc3ccccc32)ccc1[N+](=O)[O-].O=C(O)C(=O)O. The van der Waals surface area contributed by atoms with Crippen LogP contribution in [-0.4, -0.2) is 43.2 Å². The molecule has 0 unspecified atom stereocenters. The maximum absolute atomic E-state index is 10.8. The van der Waals surface area contributed by atoms with Gasteiger partial charge in [-0.1, -0.05) is 12.1 Å². The number of carbonyl (C=O) groups is 2. The number of nitrogens with zero attached hydrogens (tertiary/aromatic N) is 3. The van der Waals surface area contributed by atoms with Crippen LogP contribution in [0.25, 0.3) is 11.0 Å². The Labute approximate surface area is 171 Å². The second-order valence-corrected chi connectivity index (χ2v) is 6.30. The molecule has 0 spiro atoms. The highest BCUT2D eigenvalue weighted by Gasteiger charge is 2.10. The number of carboxylic acids is 2. The van der Waals surface area contributed by atoms with Crippen LogP contribution in [0.2, 0.25) is 0 Å². The monoisotopic (exact) mass is 415 g/mol. The number of hydrogen-bond donors (Lipinski definition) is 2. The van der Waals surface area contributed by atoms with Crippen molar-refractivity contribution < 1.29 is 29.5 Å². The number of rotatable bonds is 7. The van der Waals surface area contributed by atoms with Gasteiger partial charge in [-0.2, -0.15) is 0 Å². The van der Waals surface area contributed by atoms with Gasteiger partial charge in [-0.05, 0) is 44.0 Å². The van der Waals surface area contributed by atoms with E-state index in [0.29, 0.717) is 17.9 Å². The molecular weight excluding hydrogens is 394 g/mol. The number of benzene rings is 2. The van der Waals surface area contributed by atoms with Crippen LogP contribution in [-0.2, 0) is 16.1 Å². The van der Waals surface area contributed by atoms with Gasteiger partial charge in [0.2, 0.25) is 0 Å². The molecule has 3 aromatic rings. The van der Waals surface area contributed by atoms with E-state index >= 15 is 0 Å². The van der Waals surface area contributed by atoms with Crippen LogP contribution in [0.3, 0.4) is 0 Å². The molecule has 10 nitrogen and oxygen atoms in total. The second kappa shape index (κ2) is 10.6. The summed E-state index contributed by atoms with van der Waals surface area (Å²) in [5.74, 6) is -2.98. The van der Waals surface area contributed by atoms with Crippen LogP contribution in [0, 0.1) is 17.0 Å². The molecule has 3 rings (SSSR count). The van der Waals surface area contributed by atoms with Crippen molar-refractivity contribution in [2.24, 2.45) is 0 Å². The molecule has 0 aliphatic carbocycles. The Hall–Kier alpha value is -3.95. The van der Waals surface area contributed by atoms with E-state index in [2.05, 4.69) is 15.6 Å². The lowest BCUT2D eigenvalue weighted by atomic mass is 10.2. The highest BCUT2D eigenvalue weighted by Crippen LogP contribution is 2.23. The minimum Gasteiger partial charge on any atom is -0.494 e. The highest BCUT2D eigenvalue weighted by molar-refractivity contribution is 6.27. The number of unbranched alkanes of at least 4 members (excludes halogenated alkanes) is 1. The molecule has 30 heavy (non-hydrogen) atoms. The van der Waals surface area contributed by atoms with Crippen molar-refractivity contribution in [3.05, 3.63) is 64.5 Å². The molecule has 2 N–H and O–H groups in total. The van der Waals surface area contributed by atoms with E-state index in [4.69, 9.17) is 24.5 Å². The molecule has 1 aromatic heterocycles. The molecule has 0 aliphatic heterocycles. The zero-order chi connectivity index (χ0) is 22.1. The molecular formula is C20H21N3O7. The molecule has 158 valence electrons. The number of fused-ring (bicyclic) bond motifs is 1. The molecule has 0 saturated carbocycles. The third kappa shape index (κ3) is 6.30. The number of aliphatic carboxylic acids is 2. The van der Waals surface area contributed by atoms with Crippen molar-refractivity contribution in [3.8, 4) is 5.75 Å². The normalized spacial score (nSPS) is 10.2. The summed E-state index contributed by atoms with van der Waals surface area (Å²) in [5, 5.41) is 25.6. The van der Waals surface area contributed by atoms with E-state index in [1.54, 1.807) is 19.1 Å². The maximum Gasteiger partial charge on any atom is 0.414 e. The number of aryl methyl sites for hydroxylation is 2. The highest BCUT2D eigenvalue weighted by atomic mass is 16.6. The van der Waals surface area contributed by atoms with Gasteiger partial charge in [-0.15, -0.1) is 0 Å². The van der Waals surface area contributed by atoms with Gasteiger partial charge in [-0.25, -0.2) is 14.6 Å². The first-order valence-electron chi connectivity index (χ1n) is 9.03. The lowest BCUT2D eigenvalue weighted by molar-refractivity contribution is -0.385. The topological polar surface area (TPSA) is 145 Å². The van der Waals surface area contributed by atoms with Crippen molar-refractivity contribution in [2.45, 2.75) is 26.3 Å². The number of nitro benzene ring substituents is 1. The van der Waals surface area contributed by atoms with Crippen molar-refractivity contribution in [1.29, 1.82) is 0 Å². The van der Waals surface area contributed by atoms with Gasteiger partial charge in [0.15, 0.2) is 0 Å². The Morgan fingerprint density at radius 2 is 1.83 bits per heavy atom. The summed E-state index contributed by atoms with van der Waals surface area (Å²) in [6.45, 7) is 3.20. The number of nitro groups is 1. The molecule has 1 heterocycles. The summed E-state index contributed by atoms with van der Waals surface area (Å²) < 4.78 is 7.83. The lowest BCUT2D eigenvalue weighted by Gasteiger charge is -2.08. The minimum atomic E-state index is -1.82. The maximum atomic E-state index is 10.8. The van der Waals surface area contributed by atoms with Crippen LogP contribution in [0.1, 0.15) is 18.4 Å². The Kier molecular flexibility index (Phi) is 7.86. The van der Waals surface area contributed by atoms with E-state index < -0.39 is 11.9 Å². The number of carboxylic acid groups (broad SMARTS) is 2. The van der Waals surface area contributed by atoms with Gasteiger partial charge in [0.1, 0.15) is 5.75 Å². The molecule has 0 amide bonds. The van der Waals surface area contributed by atoms with Crippen LogP contribution < -0.4 is 4.74 Å². The molecule has 0 aliphatic rings. The predicted molar refractivity (Wildman–Crippen MR) is 108 cm³/mol. The molecule has 0 radical (unpaired) electrons. The summed E-state index contributed by atoms with van der Waals surface area (Å²) in [7, 11) is 0. The van der Waals surface area contributed by atoms with Gasteiger partial charge < -0.3 is 19.5 Å². The van der Waals surface area contributed by atoms with Crippen LogP contribution in [0.15, 0.2) is 48.8 Å². The molecule has 2 aromatic carbocycles. The van der Waals surface area contributed by atoms with E-state index in [-0.39, 0.29) is 10.6 Å². The summed E-state index contributed by atoms with van der Waals surface area (Å²) >= 11 is 0. The van der Waals surface area contributed by atoms with Crippen LogP contribution >= 0.6 is 0 Å². The standard InChI is InChI=1S/C18H19N3O3.C2H2O4/c1-14-12-15(8-9-17(14)21(22)23)24-11-5-4-10-20-13-19-16-6-2-3-7-18(16)20;3-1(4)2(5)6/h2-3,6-9,12-13H,4-5,10-11H2,1H3;(H,3,4)(H,5,6). The fourth-order valence-electron chi connectivity index (χ4n) is 2.69. The fraction of sp³-hybridized carbons (Fsp3) is 0.250. The summed E-state index contributed by atoms with van der Waals surface area (Å²) in [6.07, 6.45) is 3.75. The summed E-state index contributed by atoms with van der Waals surface area (Å²) in [6, 6.07) is 12.9. The van der Waals surface area contributed by atoms with Gasteiger partial charge in [-0.3, -0.25) is 10.1 Å². The van der Waals surface area contributed by atoms with Crippen molar-refractivity contribution >= 4 is 28.7 Å². The number of ether oxygens (including phenoxy) is 1. The van der Waals surface area contributed by atoms with Gasteiger partial charge in [0, 0.05) is 18.2 Å². The summed E-state index contributed by atoms with van der Waals surface area (Å²) in [5.41, 5.74) is 2.89. The Balaban J connectivity index is 0.000000469. The average molecular weight is 415 g/mol. The van der Waals surface area contributed by atoms with Crippen molar-refractivity contribution in [2.75, 3.05) is 6.61 Å². The quantitative estimate of drug-likeness (QED) is 0.259. The molecule has 0 atom stereocenters. The average Bonchev–Trinajstić information content (AvgIpc) is 3.11. The zero-order valence-electron chi connectivity index (χ0n) is 16.2. The largest absolute Gasteiger partial charge is 0.494 e. The minimum absolute atomic E-state index is 0.120. The number of imidazole rings is 1. The number of para-hydroxylation sites is 2. The third-order valence-corrected chi connectivity index (χ3v) is 4.14. The molecule has 0 fully saturated rings. The number of aromatic nitrogens is 2. The first kappa shape index (κ1) is 22.3. The third-order valence-electron chi connectivity index (χ3n) is 4.14. The molecule has 0 bridgehead atoms. The fourth-order valence-corrected chi connectivity index (χ4v) is 2.69. The van der Waals surface area contributed by atoms with Crippen molar-refractivity contribution in [1.82, 2.24) is 9.55 Å². The molecule has 0 saturated heterocycles. The van der Waals surface area contributed by atoms with Gasteiger partial charge >= 0.3 is 11.9 Å².